The molecule has 5 nitrogen and oxygen atoms in total. The first-order valence-electron chi connectivity index (χ1n) is 7.75. The standard InChI is InChI=1S/C16H21BrN2O3S/c1-15(2,3)11-8-9-6-7-16(11,19(9)14(21)22)18-13(20)10-4-5-12(17)23-10/h4-5,9,11H,6-8H2,1-3H3,(H,18,20)(H,21,22)/t9-,11+,16+/m1/s1. The Morgan fingerprint density at radius 1 is 1.43 bits per heavy atom. The summed E-state index contributed by atoms with van der Waals surface area (Å²) in [6.45, 7) is 6.36. The molecular formula is C16H21BrN2O3S. The molecule has 3 heterocycles. The van der Waals surface area contributed by atoms with Crippen molar-refractivity contribution in [2.24, 2.45) is 11.3 Å². The van der Waals surface area contributed by atoms with Gasteiger partial charge in [0.1, 0.15) is 5.66 Å². The Hall–Kier alpha value is -1.08. The van der Waals surface area contributed by atoms with Crippen LogP contribution in [0.4, 0.5) is 4.79 Å². The van der Waals surface area contributed by atoms with Gasteiger partial charge in [0.2, 0.25) is 0 Å². The zero-order valence-electron chi connectivity index (χ0n) is 13.4. The zero-order chi connectivity index (χ0) is 17.0. The van der Waals surface area contributed by atoms with Crippen LogP contribution in [0.2, 0.25) is 0 Å². The summed E-state index contributed by atoms with van der Waals surface area (Å²) in [7, 11) is 0. The van der Waals surface area contributed by atoms with Gasteiger partial charge in [0, 0.05) is 12.0 Å². The van der Waals surface area contributed by atoms with Gasteiger partial charge in [-0.1, -0.05) is 20.8 Å². The van der Waals surface area contributed by atoms with E-state index < -0.39 is 11.8 Å². The lowest BCUT2D eigenvalue weighted by atomic mass is 9.69. The van der Waals surface area contributed by atoms with Crippen molar-refractivity contribution in [2.45, 2.75) is 51.7 Å². The first-order valence-corrected chi connectivity index (χ1v) is 9.36. The van der Waals surface area contributed by atoms with E-state index >= 15 is 0 Å². The number of nitrogens with zero attached hydrogens (tertiary/aromatic N) is 1. The van der Waals surface area contributed by atoms with E-state index in [1.807, 2.05) is 6.07 Å². The van der Waals surface area contributed by atoms with Crippen molar-refractivity contribution in [2.75, 3.05) is 0 Å². The van der Waals surface area contributed by atoms with Gasteiger partial charge in [-0.25, -0.2) is 4.79 Å². The van der Waals surface area contributed by atoms with Gasteiger partial charge in [-0.3, -0.25) is 9.69 Å². The summed E-state index contributed by atoms with van der Waals surface area (Å²) in [4.78, 5) is 26.6. The summed E-state index contributed by atoms with van der Waals surface area (Å²) in [6.07, 6.45) is 1.37. The Morgan fingerprint density at radius 3 is 2.65 bits per heavy atom. The second-order valence-corrected chi connectivity index (χ2v) is 9.94. The Morgan fingerprint density at radius 2 is 2.13 bits per heavy atom. The van der Waals surface area contributed by atoms with Gasteiger partial charge in [-0.15, -0.1) is 11.3 Å². The molecule has 2 saturated heterocycles. The quantitative estimate of drug-likeness (QED) is 0.783. The minimum absolute atomic E-state index is 0.00657. The third-order valence-electron chi connectivity index (χ3n) is 5.12. The molecule has 0 aromatic carbocycles. The van der Waals surface area contributed by atoms with Crippen molar-refractivity contribution in [3.05, 3.63) is 20.8 Å². The van der Waals surface area contributed by atoms with Gasteiger partial charge in [-0.2, -0.15) is 0 Å². The molecule has 7 heteroatoms. The molecule has 0 aliphatic carbocycles. The van der Waals surface area contributed by atoms with Crippen molar-refractivity contribution < 1.29 is 14.7 Å². The molecular weight excluding hydrogens is 380 g/mol. The summed E-state index contributed by atoms with van der Waals surface area (Å²) in [5.74, 6) is -0.0825. The molecule has 0 saturated carbocycles. The van der Waals surface area contributed by atoms with E-state index in [2.05, 4.69) is 42.0 Å². The molecule has 0 spiro atoms. The smallest absolute Gasteiger partial charge is 0.409 e. The lowest BCUT2D eigenvalue weighted by Gasteiger charge is -2.44. The van der Waals surface area contributed by atoms with Crippen LogP contribution in [0.5, 0.6) is 0 Å². The molecule has 2 N–H and O–H groups in total. The maximum absolute atomic E-state index is 12.7. The first kappa shape index (κ1) is 16.8. The topological polar surface area (TPSA) is 69.6 Å². The highest BCUT2D eigenvalue weighted by atomic mass is 79.9. The van der Waals surface area contributed by atoms with E-state index in [-0.39, 0.29) is 23.3 Å². The molecule has 0 radical (unpaired) electrons. The fourth-order valence-corrected chi connectivity index (χ4v) is 5.58. The number of amides is 2. The monoisotopic (exact) mass is 400 g/mol. The molecule has 2 bridgehead atoms. The van der Waals surface area contributed by atoms with Crippen molar-refractivity contribution in [3.63, 3.8) is 0 Å². The van der Waals surface area contributed by atoms with Crippen LogP contribution in [-0.4, -0.2) is 33.7 Å². The summed E-state index contributed by atoms with van der Waals surface area (Å²) >= 11 is 4.72. The van der Waals surface area contributed by atoms with Crippen molar-refractivity contribution in [1.29, 1.82) is 0 Å². The highest BCUT2D eigenvalue weighted by molar-refractivity contribution is 9.11. The Kier molecular flexibility index (Phi) is 3.99. The first-order chi connectivity index (χ1) is 10.6. The minimum atomic E-state index is -0.938. The average molecular weight is 401 g/mol. The van der Waals surface area contributed by atoms with Crippen molar-refractivity contribution in [3.8, 4) is 0 Å². The van der Waals surface area contributed by atoms with E-state index in [1.165, 1.54) is 16.2 Å². The largest absolute Gasteiger partial charge is 0.465 e. The average Bonchev–Trinajstić information content (AvgIpc) is 3.08. The molecule has 126 valence electrons. The maximum Gasteiger partial charge on any atom is 0.409 e. The van der Waals surface area contributed by atoms with Gasteiger partial charge in [0.05, 0.1) is 8.66 Å². The van der Waals surface area contributed by atoms with E-state index in [0.29, 0.717) is 11.3 Å². The zero-order valence-corrected chi connectivity index (χ0v) is 15.8. The molecule has 1 aromatic rings. The van der Waals surface area contributed by atoms with E-state index in [0.717, 1.165) is 16.6 Å². The highest BCUT2D eigenvalue weighted by Crippen LogP contribution is 2.54. The van der Waals surface area contributed by atoms with Crippen LogP contribution < -0.4 is 5.32 Å². The van der Waals surface area contributed by atoms with E-state index in [9.17, 15) is 14.7 Å². The Bertz CT molecular complexity index is 654. The van der Waals surface area contributed by atoms with Crippen LogP contribution in [0, 0.1) is 11.3 Å². The molecule has 2 fully saturated rings. The molecule has 3 atom stereocenters. The summed E-state index contributed by atoms with van der Waals surface area (Å²) in [5.41, 5.74) is -0.867. The van der Waals surface area contributed by atoms with E-state index in [4.69, 9.17) is 0 Å². The third kappa shape index (κ3) is 2.67. The van der Waals surface area contributed by atoms with Crippen LogP contribution >= 0.6 is 27.3 Å². The summed E-state index contributed by atoms with van der Waals surface area (Å²) < 4.78 is 0.887. The summed E-state index contributed by atoms with van der Waals surface area (Å²) in [5, 5.41) is 12.8. The van der Waals surface area contributed by atoms with Crippen LogP contribution in [0.1, 0.15) is 49.7 Å². The number of hydrogen-bond acceptors (Lipinski definition) is 3. The number of thiophene rings is 1. The molecule has 23 heavy (non-hydrogen) atoms. The summed E-state index contributed by atoms with van der Waals surface area (Å²) in [6, 6.07) is 3.60. The van der Waals surface area contributed by atoms with Gasteiger partial charge >= 0.3 is 6.09 Å². The van der Waals surface area contributed by atoms with E-state index in [1.54, 1.807) is 6.07 Å². The number of hydrogen-bond donors (Lipinski definition) is 2. The molecule has 3 rings (SSSR count). The Balaban J connectivity index is 1.96. The number of carbonyl (C=O) groups is 2. The van der Waals surface area contributed by atoms with Gasteiger partial charge in [0.15, 0.2) is 0 Å². The molecule has 2 aliphatic rings. The number of nitrogens with one attached hydrogen (secondary N) is 1. The maximum atomic E-state index is 12.7. The second-order valence-electron chi connectivity index (χ2n) is 7.48. The fourth-order valence-electron chi connectivity index (χ4n) is 4.30. The van der Waals surface area contributed by atoms with Gasteiger partial charge in [-0.05, 0) is 52.7 Å². The molecule has 2 amide bonds. The lowest BCUT2D eigenvalue weighted by Crippen LogP contribution is -2.62. The number of rotatable bonds is 2. The highest BCUT2D eigenvalue weighted by Gasteiger charge is 2.63. The SMILES string of the molecule is CC(C)(C)[C@@H]1C[C@H]2CC[C@]1(NC(=O)c1ccc(Br)s1)N2C(=O)O. The number of halogens is 1. The normalized spacial score (nSPS) is 29.8. The third-order valence-corrected chi connectivity index (χ3v) is 6.74. The number of carbonyl (C=O) groups excluding carboxylic acids is 1. The van der Waals surface area contributed by atoms with Crippen LogP contribution in [0.3, 0.4) is 0 Å². The predicted octanol–water partition coefficient (Wildman–Crippen LogP) is 4.15. The lowest BCUT2D eigenvalue weighted by molar-refractivity contribution is 0.0307. The predicted molar refractivity (Wildman–Crippen MR) is 92.7 cm³/mol. The second kappa shape index (κ2) is 5.48. The van der Waals surface area contributed by atoms with Crippen LogP contribution in [-0.2, 0) is 0 Å². The Labute approximate surface area is 148 Å². The van der Waals surface area contributed by atoms with Crippen LogP contribution in [0.25, 0.3) is 0 Å². The number of carboxylic acid groups (broad SMARTS) is 1. The van der Waals surface area contributed by atoms with Gasteiger partial charge < -0.3 is 10.4 Å². The van der Waals surface area contributed by atoms with Crippen molar-refractivity contribution >= 4 is 39.3 Å². The molecule has 2 aliphatic heterocycles. The molecule has 0 unspecified atom stereocenters. The van der Waals surface area contributed by atoms with Crippen LogP contribution in [0.15, 0.2) is 15.9 Å². The van der Waals surface area contributed by atoms with Gasteiger partial charge in [0.25, 0.3) is 5.91 Å². The number of fused-ring (bicyclic) bond motifs is 2. The van der Waals surface area contributed by atoms with Crippen molar-refractivity contribution in [1.82, 2.24) is 10.2 Å². The minimum Gasteiger partial charge on any atom is -0.465 e. The fraction of sp³-hybridized carbons (Fsp3) is 0.625. The molecule has 1 aromatic heterocycles.